The maximum atomic E-state index is 6.58. The Hall–Kier alpha value is -5.78. The van der Waals surface area contributed by atoms with Gasteiger partial charge in [-0.25, -0.2) is 0 Å². The lowest BCUT2D eigenvalue weighted by molar-refractivity contribution is 0.332. The minimum atomic E-state index is 0.0777. The molecule has 0 saturated heterocycles. The number of aromatic amines is 1. The van der Waals surface area contributed by atoms with E-state index in [0.29, 0.717) is 0 Å². The number of para-hydroxylation sites is 2. The van der Waals surface area contributed by atoms with E-state index in [0.717, 1.165) is 29.2 Å². The molecule has 3 nitrogen and oxygen atoms in total. The zero-order valence-electron chi connectivity index (χ0n) is 32.4. The van der Waals surface area contributed by atoms with Crippen molar-refractivity contribution >= 4 is 111 Å². The number of anilines is 3. The molecular weight excluding hydrogens is 699 g/mol. The van der Waals surface area contributed by atoms with E-state index in [1.165, 1.54) is 111 Å². The Balaban J connectivity index is 1.19. The highest BCUT2D eigenvalue weighted by atomic mass is 32.1. The first-order valence-electron chi connectivity index (χ1n) is 20.0. The largest absolute Gasteiger partial charge is 0.456 e. The molecule has 1 N–H and O–H groups in total. The molecule has 1 aliphatic heterocycles. The Kier molecular flexibility index (Phi) is 6.48. The van der Waals surface area contributed by atoms with Crippen molar-refractivity contribution in [2.24, 2.45) is 0 Å². The number of fused-ring (bicyclic) bond motifs is 12. The van der Waals surface area contributed by atoms with Gasteiger partial charge in [-0.3, -0.25) is 0 Å². The quantitative estimate of drug-likeness (QED) is 0.179. The van der Waals surface area contributed by atoms with E-state index in [1.807, 2.05) is 11.3 Å². The van der Waals surface area contributed by atoms with Gasteiger partial charge >= 0.3 is 0 Å². The summed E-state index contributed by atoms with van der Waals surface area (Å²) in [6.07, 6.45) is 2.37. The lowest BCUT2D eigenvalue weighted by atomic mass is 9.57. The van der Waals surface area contributed by atoms with Crippen LogP contribution in [0.1, 0.15) is 57.2 Å². The third-order valence-corrected chi connectivity index (χ3v) is 14.6. The molecule has 0 fully saturated rings. The second kappa shape index (κ2) is 11.2. The summed E-state index contributed by atoms with van der Waals surface area (Å²) in [5, 5.41) is 7.42. The van der Waals surface area contributed by atoms with Crippen molar-refractivity contribution < 1.29 is 4.42 Å². The van der Waals surface area contributed by atoms with Crippen LogP contribution < -0.4 is 15.8 Å². The number of thiophene rings is 1. The molecule has 3 aromatic heterocycles. The van der Waals surface area contributed by atoms with Crippen LogP contribution in [0.15, 0.2) is 126 Å². The highest BCUT2D eigenvalue weighted by Crippen LogP contribution is 2.51. The highest BCUT2D eigenvalue weighted by molar-refractivity contribution is 7.26. The Labute approximate surface area is 330 Å². The molecule has 12 rings (SSSR count). The Morgan fingerprint density at radius 1 is 0.625 bits per heavy atom. The number of hydrogen-bond acceptors (Lipinski definition) is 3. The number of nitrogens with zero attached hydrogens (tertiary/aromatic N) is 1. The lowest BCUT2D eigenvalue weighted by Gasteiger charge is -2.44. The van der Waals surface area contributed by atoms with E-state index in [9.17, 15) is 0 Å². The van der Waals surface area contributed by atoms with E-state index < -0.39 is 0 Å². The van der Waals surface area contributed by atoms with Crippen molar-refractivity contribution in [3.63, 3.8) is 0 Å². The highest BCUT2D eigenvalue weighted by Gasteiger charge is 2.39. The summed E-state index contributed by atoms with van der Waals surface area (Å²) in [7, 11) is 0.797. The Bertz CT molecular complexity index is 3320. The topological polar surface area (TPSA) is 32.2 Å². The molecule has 0 amide bonds. The van der Waals surface area contributed by atoms with Crippen LogP contribution in [0.4, 0.5) is 17.1 Å². The van der Waals surface area contributed by atoms with Crippen molar-refractivity contribution in [3.05, 3.63) is 138 Å². The molecule has 0 saturated carbocycles. The number of hydrogen-bond donors (Lipinski definition) is 1. The molecule has 56 heavy (non-hydrogen) atoms. The molecule has 270 valence electrons. The van der Waals surface area contributed by atoms with Gasteiger partial charge in [-0.15, -0.1) is 11.3 Å². The van der Waals surface area contributed by atoms with Gasteiger partial charge in [0.1, 0.15) is 11.2 Å². The third kappa shape index (κ3) is 4.41. The molecule has 0 atom stereocenters. The third-order valence-electron chi connectivity index (χ3n) is 13.4. The summed E-state index contributed by atoms with van der Waals surface area (Å²) >= 11 is 1.89. The van der Waals surface area contributed by atoms with Gasteiger partial charge in [0, 0.05) is 48.9 Å². The normalized spacial score (nSPS) is 15.8. The van der Waals surface area contributed by atoms with Gasteiger partial charge in [0.05, 0.1) is 15.7 Å². The van der Waals surface area contributed by atoms with Gasteiger partial charge in [0.2, 0.25) is 0 Å². The van der Waals surface area contributed by atoms with Gasteiger partial charge in [0.25, 0.3) is 0 Å². The van der Waals surface area contributed by atoms with Crippen LogP contribution in [-0.4, -0.2) is 12.3 Å². The Morgan fingerprint density at radius 2 is 1.34 bits per heavy atom. The summed E-state index contributed by atoms with van der Waals surface area (Å²) in [4.78, 5) is 6.59. The van der Waals surface area contributed by atoms with Crippen LogP contribution >= 0.6 is 11.3 Å². The van der Waals surface area contributed by atoms with Crippen molar-refractivity contribution in [2.75, 3.05) is 4.90 Å². The maximum Gasteiger partial charge on any atom is 0.198 e. The van der Waals surface area contributed by atoms with Crippen molar-refractivity contribution in [1.29, 1.82) is 0 Å². The molecule has 0 unspecified atom stereocenters. The van der Waals surface area contributed by atoms with Crippen molar-refractivity contribution in [2.45, 2.75) is 58.3 Å². The summed E-state index contributed by atoms with van der Waals surface area (Å²) < 4.78 is 9.22. The molecule has 5 heteroatoms. The Morgan fingerprint density at radius 3 is 2.18 bits per heavy atom. The first-order valence-corrected chi connectivity index (χ1v) is 20.8. The molecule has 0 spiro atoms. The van der Waals surface area contributed by atoms with Gasteiger partial charge in [0.15, 0.2) is 7.28 Å². The van der Waals surface area contributed by atoms with E-state index in [-0.39, 0.29) is 10.8 Å². The standard InChI is InChI=1S/C51H41BN2OS/c1-28-23-36-37(51(4,5)22-21-50(36,2)3)26-39(28)54-40-25-35-31-15-8-10-19-42(31)55-43(35)27-38(40)52-46-41(54)24-29-13-6-7-14-30(29)45(46)33-17-12-18-34-47(33)53-48-32-16-9-11-20-44(32)56-49(34)48/h6-20,23-27,52-53H,21-22H2,1-5H3. The van der Waals surface area contributed by atoms with Crippen LogP contribution in [0.3, 0.4) is 0 Å². The lowest BCUT2D eigenvalue weighted by Crippen LogP contribution is -2.41. The summed E-state index contributed by atoms with van der Waals surface area (Å²) in [6, 6.07) is 45.4. The fraction of sp³-hybridized carbons (Fsp3) is 0.176. The first-order chi connectivity index (χ1) is 27.1. The number of nitrogens with one attached hydrogen (secondary N) is 1. The van der Waals surface area contributed by atoms with Gasteiger partial charge < -0.3 is 14.3 Å². The fourth-order valence-electron chi connectivity index (χ4n) is 10.3. The van der Waals surface area contributed by atoms with Crippen molar-refractivity contribution in [1.82, 2.24) is 4.98 Å². The SMILES string of the molecule is Cc1cc2c(cc1N1c3cc4c(cc3Bc3c1cc1ccccc1c3-c1cccc3c1[nH]c1c5ccccc5sc31)oc1ccccc14)C(C)(C)CCC2(C)C. The number of H-pyrrole nitrogens is 1. The average Bonchev–Trinajstić information content (AvgIpc) is 3.87. The number of rotatable bonds is 2. The fourth-order valence-corrected chi connectivity index (χ4v) is 11.5. The van der Waals surface area contributed by atoms with E-state index in [2.05, 4.69) is 166 Å². The van der Waals surface area contributed by atoms with Gasteiger partial charge in [-0.2, -0.15) is 0 Å². The minimum Gasteiger partial charge on any atom is -0.456 e. The predicted molar refractivity (Wildman–Crippen MR) is 243 cm³/mol. The van der Waals surface area contributed by atoms with Crippen molar-refractivity contribution in [3.8, 4) is 11.1 Å². The zero-order chi connectivity index (χ0) is 37.7. The number of furan rings is 1. The van der Waals surface area contributed by atoms with Crippen LogP contribution in [0, 0.1) is 6.92 Å². The molecule has 7 aromatic carbocycles. The number of aromatic nitrogens is 1. The van der Waals surface area contributed by atoms with E-state index in [4.69, 9.17) is 4.42 Å². The van der Waals surface area contributed by atoms with Crippen LogP contribution in [0.25, 0.3) is 75.0 Å². The van der Waals surface area contributed by atoms with Crippen LogP contribution in [0.5, 0.6) is 0 Å². The second-order valence-electron chi connectivity index (χ2n) is 17.7. The average molecular weight is 741 g/mol. The molecule has 4 heterocycles. The molecule has 1 aliphatic carbocycles. The van der Waals surface area contributed by atoms with Gasteiger partial charge in [-0.1, -0.05) is 118 Å². The summed E-state index contributed by atoms with van der Waals surface area (Å²) in [6.45, 7) is 12.1. The molecule has 0 radical (unpaired) electrons. The zero-order valence-corrected chi connectivity index (χ0v) is 33.2. The van der Waals surface area contributed by atoms with Gasteiger partial charge in [-0.05, 0) is 105 Å². The second-order valence-corrected chi connectivity index (χ2v) is 18.7. The van der Waals surface area contributed by atoms with E-state index in [1.54, 1.807) is 0 Å². The van der Waals surface area contributed by atoms with Crippen LogP contribution in [-0.2, 0) is 10.8 Å². The predicted octanol–water partition coefficient (Wildman–Crippen LogP) is 13.1. The van der Waals surface area contributed by atoms with E-state index >= 15 is 0 Å². The molecule has 0 bridgehead atoms. The first kappa shape index (κ1) is 32.5. The number of benzene rings is 7. The molecule has 2 aliphatic rings. The monoisotopic (exact) mass is 740 g/mol. The maximum absolute atomic E-state index is 6.58. The summed E-state index contributed by atoms with van der Waals surface area (Å²) in [5.74, 6) is 0. The number of aryl methyl sites for hydroxylation is 1. The summed E-state index contributed by atoms with van der Waals surface area (Å²) in [5.41, 5.74) is 17.7. The smallest absolute Gasteiger partial charge is 0.198 e. The molecular formula is C51H41BN2OS. The van der Waals surface area contributed by atoms with Crippen LogP contribution in [0.2, 0.25) is 0 Å². The molecule has 10 aromatic rings. The minimum absolute atomic E-state index is 0.0777.